The molecule has 0 bridgehead atoms. The Morgan fingerprint density at radius 3 is 2.64 bits per heavy atom. The molecule has 1 aromatic carbocycles. The van der Waals surface area contributed by atoms with Crippen molar-refractivity contribution < 1.29 is 28.6 Å². The molecular formula is C17H22F2N2O4. The van der Waals surface area contributed by atoms with E-state index in [1.54, 1.807) is 0 Å². The van der Waals surface area contributed by atoms with E-state index in [1.165, 1.54) is 0 Å². The zero-order valence-electron chi connectivity index (χ0n) is 13.9. The number of rotatable bonds is 6. The molecule has 1 aliphatic rings. The highest BCUT2D eigenvalue weighted by molar-refractivity contribution is 5.98. The molecule has 0 aromatic heterocycles. The van der Waals surface area contributed by atoms with Crippen LogP contribution in [0.3, 0.4) is 0 Å². The Hall–Kier alpha value is -2.06. The zero-order valence-corrected chi connectivity index (χ0v) is 13.9. The molecule has 3 atom stereocenters. The van der Waals surface area contributed by atoms with Crippen LogP contribution in [0.15, 0.2) is 18.2 Å². The van der Waals surface area contributed by atoms with Crippen molar-refractivity contribution in [3.05, 3.63) is 35.4 Å². The quantitative estimate of drug-likeness (QED) is 0.658. The topological polar surface area (TPSA) is 89.9 Å². The van der Waals surface area contributed by atoms with Gasteiger partial charge in [0.1, 0.15) is 29.9 Å². The smallest absolute Gasteiger partial charge is 0.257 e. The Balaban J connectivity index is 2.16. The minimum absolute atomic E-state index is 0.316. The van der Waals surface area contributed by atoms with Crippen LogP contribution in [0.1, 0.15) is 36.5 Å². The Morgan fingerprint density at radius 1 is 1.28 bits per heavy atom. The Kier molecular flexibility index (Phi) is 6.44. The van der Waals surface area contributed by atoms with Crippen molar-refractivity contribution in [3.8, 4) is 0 Å². The van der Waals surface area contributed by atoms with Gasteiger partial charge in [-0.3, -0.25) is 9.59 Å². The number of hydrogen-bond donors (Lipinski definition) is 3. The average molecular weight is 356 g/mol. The fourth-order valence-electron chi connectivity index (χ4n) is 2.83. The molecule has 0 radical (unpaired) electrons. The van der Waals surface area contributed by atoms with Gasteiger partial charge < -0.3 is 20.4 Å². The molecule has 0 saturated carbocycles. The molecule has 1 heterocycles. The molecule has 1 aliphatic heterocycles. The van der Waals surface area contributed by atoms with Crippen molar-refractivity contribution in [1.82, 2.24) is 10.2 Å². The van der Waals surface area contributed by atoms with Gasteiger partial charge in [-0.1, -0.05) is 19.8 Å². The highest BCUT2D eigenvalue weighted by Crippen LogP contribution is 2.23. The fraction of sp³-hybridized carbons (Fsp3) is 0.529. The number of benzene rings is 1. The van der Waals surface area contributed by atoms with Crippen LogP contribution in [0.2, 0.25) is 0 Å². The van der Waals surface area contributed by atoms with E-state index >= 15 is 0 Å². The van der Waals surface area contributed by atoms with E-state index in [0.717, 1.165) is 36.3 Å². The molecule has 0 spiro atoms. The number of halogens is 2. The lowest BCUT2D eigenvalue weighted by atomic mass is 10.1. The number of carbonyl (C=O) groups excluding carboxylic acids is 2. The van der Waals surface area contributed by atoms with Gasteiger partial charge in [0, 0.05) is 12.6 Å². The summed E-state index contributed by atoms with van der Waals surface area (Å²) in [4.78, 5) is 25.8. The van der Waals surface area contributed by atoms with Gasteiger partial charge in [0.25, 0.3) is 5.91 Å². The molecule has 6 nitrogen and oxygen atoms in total. The van der Waals surface area contributed by atoms with E-state index in [0.29, 0.717) is 12.6 Å². The van der Waals surface area contributed by atoms with Crippen LogP contribution in [-0.2, 0) is 4.79 Å². The SMILES string of the molecule is CCCCCNC(=O)C1[C@H](O)[C@@H](O)CN1C(=O)c1ccc(F)cc1F. The van der Waals surface area contributed by atoms with E-state index in [1.807, 2.05) is 6.92 Å². The van der Waals surface area contributed by atoms with Crippen molar-refractivity contribution in [3.63, 3.8) is 0 Å². The number of nitrogens with zero attached hydrogens (tertiary/aromatic N) is 1. The van der Waals surface area contributed by atoms with Crippen LogP contribution in [0.4, 0.5) is 8.78 Å². The van der Waals surface area contributed by atoms with Crippen LogP contribution >= 0.6 is 0 Å². The number of unbranched alkanes of at least 4 members (excludes halogenated alkanes) is 2. The molecule has 1 aromatic rings. The molecule has 1 fully saturated rings. The lowest BCUT2D eigenvalue weighted by molar-refractivity contribution is -0.128. The molecule has 8 heteroatoms. The molecule has 2 rings (SSSR count). The third-order valence-electron chi connectivity index (χ3n) is 4.21. The molecule has 0 aliphatic carbocycles. The third-order valence-corrected chi connectivity index (χ3v) is 4.21. The lowest BCUT2D eigenvalue weighted by Gasteiger charge is -2.25. The van der Waals surface area contributed by atoms with Crippen molar-refractivity contribution in [2.45, 2.75) is 44.4 Å². The normalized spacial score (nSPS) is 22.9. The minimum Gasteiger partial charge on any atom is -0.388 e. The van der Waals surface area contributed by atoms with Gasteiger partial charge in [0.05, 0.1) is 12.1 Å². The number of nitrogens with one attached hydrogen (secondary N) is 1. The second-order valence-electron chi connectivity index (χ2n) is 6.08. The number of β-amino-alcohol motifs (C(OH)–C–C–N with tert-alkyl or cyclic N) is 1. The number of likely N-dealkylation sites (tertiary alicyclic amines) is 1. The van der Waals surface area contributed by atoms with Crippen LogP contribution in [0, 0.1) is 11.6 Å². The summed E-state index contributed by atoms with van der Waals surface area (Å²) in [5.74, 6) is -3.40. The Labute approximate surface area is 144 Å². The van der Waals surface area contributed by atoms with Crippen molar-refractivity contribution >= 4 is 11.8 Å². The van der Waals surface area contributed by atoms with Crippen molar-refractivity contribution in [2.24, 2.45) is 0 Å². The van der Waals surface area contributed by atoms with Crippen LogP contribution in [-0.4, -0.2) is 58.3 Å². The summed E-state index contributed by atoms with van der Waals surface area (Å²) in [5.41, 5.74) is -0.425. The summed E-state index contributed by atoms with van der Waals surface area (Å²) in [6, 6.07) is 1.14. The van der Waals surface area contributed by atoms with Gasteiger partial charge in [-0.05, 0) is 18.6 Å². The summed E-state index contributed by atoms with van der Waals surface area (Å²) in [6.07, 6.45) is -0.166. The highest BCUT2D eigenvalue weighted by atomic mass is 19.1. The summed E-state index contributed by atoms with van der Waals surface area (Å²) in [6.45, 7) is 2.07. The number of carbonyl (C=O) groups is 2. The number of aliphatic hydroxyl groups excluding tert-OH is 2. The number of aliphatic hydroxyl groups is 2. The average Bonchev–Trinajstić information content (AvgIpc) is 2.86. The van der Waals surface area contributed by atoms with E-state index in [2.05, 4.69) is 5.32 Å². The number of hydrogen-bond acceptors (Lipinski definition) is 4. The molecule has 138 valence electrons. The first-order valence-corrected chi connectivity index (χ1v) is 8.26. The first-order valence-electron chi connectivity index (χ1n) is 8.26. The molecule has 1 saturated heterocycles. The fourth-order valence-corrected chi connectivity index (χ4v) is 2.83. The monoisotopic (exact) mass is 356 g/mol. The van der Waals surface area contributed by atoms with Gasteiger partial charge >= 0.3 is 0 Å². The van der Waals surface area contributed by atoms with E-state index in [-0.39, 0.29) is 6.54 Å². The highest BCUT2D eigenvalue weighted by Gasteiger charge is 2.46. The molecule has 3 N–H and O–H groups in total. The second kappa shape index (κ2) is 8.35. The summed E-state index contributed by atoms with van der Waals surface area (Å²) < 4.78 is 26.9. The van der Waals surface area contributed by atoms with E-state index in [4.69, 9.17) is 0 Å². The lowest BCUT2D eigenvalue weighted by Crippen LogP contribution is -2.50. The van der Waals surface area contributed by atoms with Gasteiger partial charge in [0.15, 0.2) is 0 Å². The Morgan fingerprint density at radius 2 is 2.00 bits per heavy atom. The second-order valence-corrected chi connectivity index (χ2v) is 6.08. The molecule has 1 unspecified atom stereocenters. The maximum Gasteiger partial charge on any atom is 0.257 e. The number of amides is 2. The maximum atomic E-state index is 13.9. The molecular weight excluding hydrogens is 334 g/mol. The minimum atomic E-state index is -1.47. The standard InChI is InChI=1S/C17H22F2N2O4/c1-2-3-4-7-20-16(24)14-15(23)13(22)9-21(14)17(25)11-6-5-10(18)8-12(11)19/h5-6,8,13-15,22-23H,2-4,7,9H2,1H3,(H,20,24)/t13-,14?,15+/m0/s1. The van der Waals surface area contributed by atoms with Crippen molar-refractivity contribution in [1.29, 1.82) is 0 Å². The zero-order chi connectivity index (χ0) is 18.6. The first-order chi connectivity index (χ1) is 11.9. The van der Waals surface area contributed by atoms with Crippen LogP contribution in [0.25, 0.3) is 0 Å². The van der Waals surface area contributed by atoms with E-state index in [9.17, 15) is 28.6 Å². The summed E-state index contributed by atoms with van der Waals surface area (Å²) in [5, 5.41) is 22.5. The van der Waals surface area contributed by atoms with Crippen LogP contribution in [0.5, 0.6) is 0 Å². The van der Waals surface area contributed by atoms with Gasteiger partial charge in [-0.2, -0.15) is 0 Å². The molecule has 2 amide bonds. The third kappa shape index (κ3) is 4.32. The van der Waals surface area contributed by atoms with Crippen molar-refractivity contribution in [2.75, 3.05) is 13.1 Å². The summed E-state index contributed by atoms with van der Waals surface area (Å²) >= 11 is 0. The first kappa shape index (κ1) is 19.3. The van der Waals surface area contributed by atoms with Gasteiger partial charge in [-0.15, -0.1) is 0 Å². The van der Waals surface area contributed by atoms with Crippen LogP contribution < -0.4 is 5.32 Å². The predicted molar refractivity (Wildman–Crippen MR) is 85.7 cm³/mol. The van der Waals surface area contributed by atoms with Gasteiger partial charge in [-0.25, -0.2) is 8.78 Å². The maximum absolute atomic E-state index is 13.9. The predicted octanol–water partition coefficient (Wildman–Crippen LogP) is 0.817. The van der Waals surface area contributed by atoms with E-state index < -0.39 is 47.3 Å². The Bertz CT molecular complexity index is 641. The molecule has 25 heavy (non-hydrogen) atoms. The van der Waals surface area contributed by atoms with Gasteiger partial charge in [0.2, 0.25) is 5.91 Å². The summed E-state index contributed by atoms with van der Waals surface area (Å²) in [7, 11) is 0. The largest absolute Gasteiger partial charge is 0.388 e.